The first-order valence-corrected chi connectivity index (χ1v) is 9.63. The van der Waals surface area contributed by atoms with Crippen LogP contribution in [0.2, 0.25) is 0 Å². The van der Waals surface area contributed by atoms with E-state index in [4.69, 9.17) is 0 Å². The fourth-order valence-electron chi connectivity index (χ4n) is 3.68. The van der Waals surface area contributed by atoms with Gasteiger partial charge in [-0.15, -0.1) is 0 Å². The van der Waals surface area contributed by atoms with Gasteiger partial charge in [0.15, 0.2) is 0 Å². The van der Waals surface area contributed by atoms with Gasteiger partial charge in [-0.25, -0.2) is 0 Å². The minimum atomic E-state index is -0.0451. The second kappa shape index (κ2) is 8.99. The molecule has 1 heterocycles. The largest absolute Gasteiger partial charge is 0.301 e. The van der Waals surface area contributed by atoms with E-state index < -0.39 is 0 Å². The predicted octanol–water partition coefficient (Wildman–Crippen LogP) is 4.25. The molecule has 2 aromatic rings. The van der Waals surface area contributed by atoms with Crippen molar-refractivity contribution in [1.29, 1.82) is 5.26 Å². The zero-order valence-corrected chi connectivity index (χ0v) is 15.3. The van der Waals surface area contributed by atoms with Crippen molar-refractivity contribution in [3.8, 4) is 6.07 Å². The Labute approximate surface area is 151 Å². The Morgan fingerprint density at radius 3 is 2.40 bits per heavy atom. The molecule has 1 aliphatic rings. The summed E-state index contributed by atoms with van der Waals surface area (Å²) in [6.07, 6.45) is 3.93. The van der Waals surface area contributed by atoms with Gasteiger partial charge in [-0.05, 0) is 35.4 Å². The Balaban J connectivity index is 1.56. The lowest BCUT2D eigenvalue weighted by atomic mass is 9.96. The van der Waals surface area contributed by atoms with Gasteiger partial charge in [-0.2, -0.15) is 5.26 Å². The first-order chi connectivity index (χ1) is 12.3. The summed E-state index contributed by atoms with van der Waals surface area (Å²) in [5, 5.41) is 12.2. The lowest BCUT2D eigenvalue weighted by molar-refractivity contribution is 0.129. The number of fused-ring (bicyclic) bond motifs is 1. The molecular weight excluding hydrogens is 306 g/mol. The summed E-state index contributed by atoms with van der Waals surface area (Å²) in [7, 11) is 0. The van der Waals surface area contributed by atoms with E-state index in [1.165, 1.54) is 36.6 Å². The van der Waals surface area contributed by atoms with E-state index in [-0.39, 0.29) is 5.92 Å². The van der Waals surface area contributed by atoms with Crippen LogP contribution in [0.5, 0.6) is 0 Å². The molecule has 2 aromatic carbocycles. The highest BCUT2D eigenvalue weighted by Crippen LogP contribution is 2.23. The van der Waals surface area contributed by atoms with Crippen LogP contribution < -0.4 is 0 Å². The molecule has 3 heteroatoms. The Kier molecular flexibility index (Phi) is 6.44. The van der Waals surface area contributed by atoms with Crippen molar-refractivity contribution in [2.45, 2.75) is 32.1 Å². The number of piperazine rings is 1. The number of rotatable bonds is 7. The lowest BCUT2D eigenvalue weighted by Crippen LogP contribution is -2.47. The predicted molar refractivity (Wildman–Crippen MR) is 105 cm³/mol. The maximum atomic E-state index is 9.69. The Bertz CT molecular complexity index is 711. The van der Waals surface area contributed by atoms with Crippen LogP contribution in [0.1, 0.15) is 37.7 Å². The van der Waals surface area contributed by atoms with Crippen molar-refractivity contribution < 1.29 is 0 Å². The SMILES string of the molecule is CCCCCN1CCN(CC(C#N)c2ccc3ccccc3c2)CC1. The van der Waals surface area contributed by atoms with Gasteiger partial charge >= 0.3 is 0 Å². The highest BCUT2D eigenvalue weighted by atomic mass is 15.3. The summed E-state index contributed by atoms with van der Waals surface area (Å²) in [5.74, 6) is -0.0451. The van der Waals surface area contributed by atoms with Crippen LogP contribution in [0.15, 0.2) is 42.5 Å². The molecule has 0 aromatic heterocycles. The Hall–Kier alpha value is -1.89. The molecule has 0 spiro atoms. The average Bonchev–Trinajstić information content (AvgIpc) is 2.67. The molecule has 3 rings (SSSR count). The van der Waals surface area contributed by atoms with Crippen LogP contribution in [-0.2, 0) is 0 Å². The number of hydrogen-bond acceptors (Lipinski definition) is 3. The molecule has 1 fully saturated rings. The summed E-state index contributed by atoms with van der Waals surface area (Å²) < 4.78 is 0. The average molecular weight is 335 g/mol. The third kappa shape index (κ3) is 4.81. The fraction of sp³-hybridized carbons (Fsp3) is 0.500. The van der Waals surface area contributed by atoms with Gasteiger partial charge in [0, 0.05) is 32.7 Å². The second-order valence-corrected chi connectivity index (χ2v) is 7.14. The molecule has 25 heavy (non-hydrogen) atoms. The Morgan fingerprint density at radius 1 is 0.960 bits per heavy atom. The number of nitrogens with zero attached hydrogens (tertiary/aromatic N) is 3. The van der Waals surface area contributed by atoms with Gasteiger partial charge in [0.1, 0.15) is 0 Å². The van der Waals surface area contributed by atoms with E-state index in [1.54, 1.807) is 0 Å². The quantitative estimate of drug-likeness (QED) is 0.709. The van der Waals surface area contributed by atoms with Crippen LogP contribution in [0.25, 0.3) is 10.8 Å². The molecule has 0 aliphatic carbocycles. The van der Waals surface area contributed by atoms with E-state index in [2.05, 4.69) is 65.3 Å². The van der Waals surface area contributed by atoms with Crippen molar-refractivity contribution >= 4 is 10.8 Å². The fourth-order valence-corrected chi connectivity index (χ4v) is 3.68. The number of benzene rings is 2. The van der Waals surface area contributed by atoms with E-state index in [1.807, 2.05) is 0 Å². The molecule has 1 saturated heterocycles. The van der Waals surface area contributed by atoms with Crippen molar-refractivity contribution in [1.82, 2.24) is 9.80 Å². The molecule has 1 aliphatic heterocycles. The van der Waals surface area contributed by atoms with E-state index >= 15 is 0 Å². The van der Waals surface area contributed by atoms with E-state index in [9.17, 15) is 5.26 Å². The van der Waals surface area contributed by atoms with Gasteiger partial charge in [0.05, 0.1) is 12.0 Å². The van der Waals surface area contributed by atoms with E-state index in [0.29, 0.717) is 0 Å². The zero-order valence-electron chi connectivity index (χ0n) is 15.3. The molecule has 1 atom stereocenters. The van der Waals surface area contributed by atoms with Crippen molar-refractivity contribution in [3.05, 3.63) is 48.0 Å². The van der Waals surface area contributed by atoms with Crippen LogP contribution in [0.4, 0.5) is 0 Å². The Morgan fingerprint density at radius 2 is 1.68 bits per heavy atom. The third-order valence-electron chi connectivity index (χ3n) is 5.32. The van der Waals surface area contributed by atoms with Crippen LogP contribution in [-0.4, -0.2) is 49.1 Å². The molecule has 0 radical (unpaired) electrons. The molecule has 132 valence electrons. The van der Waals surface area contributed by atoms with Gasteiger partial charge in [0.2, 0.25) is 0 Å². The first-order valence-electron chi connectivity index (χ1n) is 9.63. The van der Waals surface area contributed by atoms with Gasteiger partial charge in [0.25, 0.3) is 0 Å². The molecule has 0 N–H and O–H groups in total. The standard InChI is InChI=1S/C22H29N3/c1-2-3-6-11-24-12-14-25(15-13-24)18-22(17-23)21-10-9-19-7-4-5-8-20(19)16-21/h4-5,7-10,16,22H,2-3,6,11-15,18H2,1H3. The number of hydrogen-bond donors (Lipinski definition) is 0. The van der Waals surface area contributed by atoms with Crippen LogP contribution in [0, 0.1) is 11.3 Å². The first kappa shape index (κ1) is 17.9. The van der Waals surface area contributed by atoms with Gasteiger partial charge in [-0.1, -0.05) is 56.2 Å². The summed E-state index contributed by atoms with van der Waals surface area (Å²) in [6, 6.07) is 17.3. The van der Waals surface area contributed by atoms with Crippen LogP contribution >= 0.6 is 0 Å². The van der Waals surface area contributed by atoms with Crippen molar-refractivity contribution in [2.24, 2.45) is 0 Å². The summed E-state index contributed by atoms with van der Waals surface area (Å²) >= 11 is 0. The molecule has 0 bridgehead atoms. The smallest absolute Gasteiger partial charge is 0.0839 e. The molecular formula is C22H29N3. The molecule has 3 nitrogen and oxygen atoms in total. The number of unbranched alkanes of at least 4 members (excludes halogenated alkanes) is 2. The van der Waals surface area contributed by atoms with Crippen molar-refractivity contribution in [3.63, 3.8) is 0 Å². The maximum Gasteiger partial charge on any atom is 0.0839 e. The molecule has 1 unspecified atom stereocenters. The third-order valence-corrected chi connectivity index (χ3v) is 5.32. The van der Waals surface area contributed by atoms with E-state index in [0.717, 1.165) is 38.3 Å². The zero-order chi connectivity index (χ0) is 17.5. The summed E-state index contributed by atoms with van der Waals surface area (Å²) in [6.45, 7) is 8.77. The van der Waals surface area contributed by atoms with Crippen molar-refractivity contribution in [2.75, 3.05) is 39.3 Å². The number of nitriles is 1. The topological polar surface area (TPSA) is 30.3 Å². The molecule has 0 amide bonds. The summed E-state index contributed by atoms with van der Waals surface area (Å²) in [4.78, 5) is 5.03. The lowest BCUT2D eigenvalue weighted by Gasteiger charge is -2.35. The maximum absolute atomic E-state index is 9.69. The highest BCUT2D eigenvalue weighted by molar-refractivity contribution is 5.83. The minimum Gasteiger partial charge on any atom is -0.301 e. The van der Waals surface area contributed by atoms with Gasteiger partial charge in [-0.3, -0.25) is 4.90 Å². The summed E-state index contributed by atoms with van der Waals surface area (Å²) in [5.41, 5.74) is 1.14. The highest BCUT2D eigenvalue weighted by Gasteiger charge is 2.21. The minimum absolute atomic E-state index is 0.0451. The molecule has 0 saturated carbocycles. The van der Waals surface area contributed by atoms with Crippen LogP contribution in [0.3, 0.4) is 0 Å². The monoisotopic (exact) mass is 335 g/mol. The van der Waals surface area contributed by atoms with Gasteiger partial charge < -0.3 is 4.90 Å². The normalized spacial score (nSPS) is 17.4. The second-order valence-electron chi connectivity index (χ2n) is 7.14.